The monoisotopic (exact) mass is 269 g/mol. The predicted octanol–water partition coefficient (Wildman–Crippen LogP) is 3.18. The van der Waals surface area contributed by atoms with Crippen LogP contribution >= 0.6 is 0 Å². The summed E-state index contributed by atoms with van der Waals surface area (Å²) < 4.78 is 5.11. The van der Waals surface area contributed by atoms with Crippen molar-refractivity contribution in [1.82, 2.24) is 0 Å². The number of carbonyl (C=O) groups excluding carboxylic acids is 1. The lowest BCUT2D eigenvalue weighted by Crippen LogP contribution is -2.39. The molecule has 1 fully saturated rings. The highest BCUT2D eigenvalue weighted by molar-refractivity contribution is 6.18. The van der Waals surface area contributed by atoms with E-state index in [0.29, 0.717) is 6.54 Å². The first kappa shape index (κ1) is 13.1. The molecule has 0 saturated heterocycles. The fraction of sp³-hybridized carbons (Fsp3) is 0.412. The number of rotatable bonds is 2. The largest absolute Gasteiger partial charge is 0.468 e. The molecule has 0 amide bonds. The quantitative estimate of drug-likeness (QED) is 0.773. The number of dihydropyridines is 1. The Balaban J connectivity index is 2.11. The average molecular weight is 269 g/mol. The third kappa shape index (κ3) is 1.80. The number of benzene rings is 1. The third-order valence-electron chi connectivity index (χ3n) is 4.39. The SMILES string of the molecule is COC(=O)C12CCCC1=NCC=C2c1ccc(C)cc1. The fourth-order valence-electron chi connectivity index (χ4n) is 3.41. The molecular formula is C17H19NO2. The summed E-state index contributed by atoms with van der Waals surface area (Å²) >= 11 is 0. The molecular weight excluding hydrogens is 250 g/mol. The van der Waals surface area contributed by atoms with Crippen LogP contribution in [0.25, 0.3) is 5.57 Å². The Labute approximate surface area is 119 Å². The Morgan fingerprint density at radius 3 is 2.75 bits per heavy atom. The van der Waals surface area contributed by atoms with Gasteiger partial charge in [-0.2, -0.15) is 0 Å². The molecule has 1 unspecified atom stereocenters. The van der Waals surface area contributed by atoms with E-state index in [1.807, 2.05) is 0 Å². The van der Waals surface area contributed by atoms with Crippen LogP contribution in [-0.4, -0.2) is 25.3 Å². The molecule has 1 aliphatic carbocycles. The van der Waals surface area contributed by atoms with Gasteiger partial charge in [-0.3, -0.25) is 9.79 Å². The maximum Gasteiger partial charge on any atom is 0.322 e. The van der Waals surface area contributed by atoms with Gasteiger partial charge in [0.15, 0.2) is 0 Å². The van der Waals surface area contributed by atoms with Crippen molar-refractivity contribution in [3.63, 3.8) is 0 Å². The predicted molar refractivity (Wildman–Crippen MR) is 79.8 cm³/mol. The van der Waals surface area contributed by atoms with Gasteiger partial charge in [-0.1, -0.05) is 35.9 Å². The molecule has 1 aliphatic heterocycles. The molecule has 1 aromatic carbocycles. The maximum atomic E-state index is 12.5. The molecule has 1 heterocycles. The van der Waals surface area contributed by atoms with Crippen molar-refractivity contribution in [2.75, 3.05) is 13.7 Å². The van der Waals surface area contributed by atoms with Crippen LogP contribution < -0.4 is 0 Å². The van der Waals surface area contributed by atoms with Gasteiger partial charge in [-0.05, 0) is 37.3 Å². The van der Waals surface area contributed by atoms with E-state index in [1.165, 1.54) is 12.7 Å². The lowest BCUT2D eigenvalue weighted by molar-refractivity contribution is -0.145. The average Bonchev–Trinajstić information content (AvgIpc) is 2.92. The smallest absolute Gasteiger partial charge is 0.322 e. The zero-order chi connectivity index (χ0) is 14.2. The molecule has 1 saturated carbocycles. The van der Waals surface area contributed by atoms with Crippen LogP contribution in [0.1, 0.15) is 30.4 Å². The van der Waals surface area contributed by atoms with E-state index in [0.717, 1.165) is 36.1 Å². The molecule has 1 atom stereocenters. The van der Waals surface area contributed by atoms with Gasteiger partial charge in [0.2, 0.25) is 0 Å². The number of aliphatic imine (C=N–C) groups is 1. The van der Waals surface area contributed by atoms with Crippen LogP contribution in [0.15, 0.2) is 35.3 Å². The van der Waals surface area contributed by atoms with E-state index in [-0.39, 0.29) is 5.97 Å². The topological polar surface area (TPSA) is 38.7 Å². The number of hydrogen-bond acceptors (Lipinski definition) is 3. The fourth-order valence-corrected chi connectivity index (χ4v) is 3.41. The standard InChI is InChI=1S/C17H19NO2/c1-12-5-7-13(8-6-12)14-9-11-18-15-4-3-10-17(14,15)16(19)20-2/h5-9H,3-4,10-11H2,1-2H3. The molecule has 0 N–H and O–H groups in total. The number of carbonyl (C=O) groups is 1. The summed E-state index contributed by atoms with van der Waals surface area (Å²) in [6, 6.07) is 8.35. The van der Waals surface area contributed by atoms with Crippen molar-refractivity contribution in [2.24, 2.45) is 10.4 Å². The van der Waals surface area contributed by atoms with Gasteiger partial charge in [-0.15, -0.1) is 0 Å². The minimum absolute atomic E-state index is 0.166. The van der Waals surface area contributed by atoms with Crippen LogP contribution in [0.5, 0.6) is 0 Å². The summed E-state index contributed by atoms with van der Waals surface area (Å²) in [6.45, 7) is 2.73. The van der Waals surface area contributed by atoms with Crippen LogP contribution in [0.4, 0.5) is 0 Å². The second-order valence-corrected chi connectivity index (χ2v) is 5.52. The second-order valence-electron chi connectivity index (χ2n) is 5.52. The Morgan fingerprint density at radius 1 is 1.30 bits per heavy atom. The summed E-state index contributed by atoms with van der Waals surface area (Å²) in [5.41, 5.74) is 3.77. The van der Waals surface area contributed by atoms with Gasteiger partial charge in [0.1, 0.15) is 5.41 Å². The van der Waals surface area contributed by atoms with Crippen LogP contribution in [0, 0.1) is 12.3 Å². The van der Waals surface area contributed by atoms with Crippen molar-refractivity contribution in [1.29, 1.82) is 0 Å². The Morgan fingerprint density at radius 2 is 2.05 bits per heavy atom. The van der Waals surface area contributed by atoms with Gasteiger partial charge in [0, 0.05) is 5.71 Å². The Bertz CT molecular complexity index is 598. The van der Waals surface area contributed by atoms with Crippen molar-refractivity contribution in [3.8, 4) is 0 Å². The molecule has 3 rings (SSSR count). The van der Waals surface area contributed by atoms with Crippen molar-refractivity contribution in [3.05, 3.63) is 41.5 Å². The lowest BCUT2D eigenvalue weighted by Gasteiger charge is -2.32. The molecule has 0 aromatic heterocycles. The Hall–Kier alpha value is -1.90. The van der Waals surface area contributed by atoms with Crippen molar-refractivity contribution in [2.45, 2.75) is 26.2 Å². The van der Waals surface area contributed by atoms with Crippen molar-refractivity contribution < 1.29 is 9.53 Å². The summed E-state index contributed by atoms with van der Waals surface area (Å²) in [7, 11) is 1.47. The molecule has 0 radical (unpaired) electrons. The zero-order valence-corrected chi connectivity index (χ0v) is 12.0. The van der Waals surface area contributed by atoms with Gasteiger partial charge >= 0.3 is 5.97 Å². The number of nitrogens with zero attached hydrogens (tertiary/aromatic N) is 1. The van der Waals surface area contributed by atoms with E-state index in [4.69, 9.17) is 4.74 Å². The highest BCUT2D eigenvalue weighted by Crippen LogP contribution is 2.49. The molecule has 3 heteroatoms. The molecule has 0 bridgehead atoms. The Kier molecular flexibility index (Phi) is 3.20. The van der Waals surface area contributed by atoms with Gasteiger partial charge in [0.05, 0.1) is 13.7 Å². The third-order valence-corrected chi connectivity index (χ3v) is 4.39. The van der Waals surface area contributed by atoms with Gasteiger partial charge in [-0.25, -0.2) is 0 Å². The summed E-state index contributed by atoms with van der Waals surface area (Å²) in [4.78, 5) is 17.0. The van der Waals surface area contributed by atoms with E-state index < -0.39 is 5.41 Å². The summed E-state index contributed by atoms with van der Waals surface area (Å²) in [5, 5.41) is 0. The molecule has 2 aliphatic rings. The first-order valence-corrected chi connectivity index (χ1v) is 7.08. The molecule has 1 aromatic rings. The molecule has 104 valence electrons. The first-order chi connectivity index (χ1) is 9.68. The number of aryl methyl sites for hydroxylation is 1. The minimum Gasteiger partial charge on any atom is -0.468 e. The summed E-state index contributed by atoms with van der Waals surface area (Å²) in [6.07, 6.45) is 4.78. The summed E-state index contributed by atoms with van der Waals surface area (Å²) in [5.74, 6) is -0.166. The molecule has 20 heavy (non-hydrogen) atoms. The zero-order valence-electron chi connectivity index (χ0n) is 12.0. The number of methoxy groups -OCH3 is 1. The van der Waals surface area contributed by atoms with Gasteiger partial charge in [0.25, 0.3) is 0 Å². The highest BCUT2D eigenvalue weighted by Gasteiger charge is 2.51. The number of ether oxygens (including phenoxy) is 1. The van der Waals surface area contributed by atoms with Gasteiger partial charge < -0.3 is 4.74 Å². The van der Waals surface area contributed by atoms with E-state index in [2.05, 4.69) is 42.3 Å². The van der Waals surface area contributed by atoms with Crippen LogP contribution in [0.2, 0.25) is 0 Å². The highest BCUT2D eigenvalue weighted by atomic mass is 16.5. The minimum atomic E-state index is -0.637. The number of esters is 1. The first-order valence-electron chi connectivity index (χ1n) is 7.08. The number of fused-ring (bicyclic) bond motifs is 1. The van der Waals surface area contributed by atoms with E-state index in [9.17, 15) is 4.79 Å². The normalized spacial score (nSPS) is 24.7. The molecule has 3 nitrogen and oxygen atoms in total. The second kappa shape index (κ2) is 4.89. The van der Waals surface area contributed by atoms with E-state index >= 15 is 0 Å². The molecule has 0 spiro atoms. The van der Waals surface area contributed by atoms with E-state index in [1.54, 1.807) is 0 Å². The maximum absolute atomic E-state index is 12.5. The van der Waals surface area contributed by atoms with Crippen molar-refractivity contribution >= 4 is 17.3 Å². The number of hydrogen-bond donors (Lipinski definition) is 0. The van der Waals surface area contributed by atoms with Crippen LogP contribution in [0.3, 0.4) is 0 Å². The lowest BCUT2D eigenvalue weighted by atomic mass is 9.72. The van der Waals surface area contributed by atoms with Crippen LogP contribution in [-0.2, 0) is 9.53 Å².